The fraction of sp³-hybridized carbons (Fsp3) is 0.900. The van der Waals surface area contributed by atoms with Gasteiger partial charge in [-0.05, 0) is 32.9 Å². The summed E-state index contributed by atoms with van der Waals surface area (Å²) in [5.74, 6) is 0.680. The lowest BCUT2D eigenvalue weighted by molar-refractivity contribution is -0.161. The van der Waals surface area contributed by atoms with Gasteiger partial charge < -0.3 is 10.5 Å². The lowest BCUT2D eigenvalue weighted by Crippen LogP contribution is -2.54. The second-order valence-electron chi connectivity index (χ2n) is 4.81. The van der Waals surface area contributed by atoms with Crippen LogP contribution in [0.4, 0.5) is 0 Å². The van der Waals surface area contributed by atoms with Gasteiger partial charge >= 0.3 is 5.97 Å². The minimum Gasteiger partial charge on any atom is -0.459 e. The van der Waals surface area contributed by atoms with E-state index in [1.54, 1.807) is 11.8 Å². The lowest BCUT2D eigenvalue weighted by atomic mass is 9.94. The molecule has 82 valence electrons. The standard InChI is InChI=1S/C10H19NO2S/c1-7-10(11,5-6-14-7)8(12)13-9(2,3)4/h7H,5-6,11H2,1-4H3/t7-,10-/m1/s1. The summed E-state index contributed by atoms with van der Waals surface area (Å²) in [6, 6.07) is 0. The Morgan fingerprint density at radius 2 is 2.14 bits per heavy atom. The maximum Gasteiger partial charge on any atom is 0.327 e. The quantitative estimate of drug-likeness (QED) is 0.677. The van der Waals surface area contributed by atoms with Crippen molar-refractivity contribution in [2.75, 3.05) is 5.75 Å². The molecule has 1 saturated heterocycles. The third-order valence-electron chi connectivity index (χ3n) is 2.39. The Labute approximate surface area is 89.8 Å². The van der Waals surface area contributed by atoms with Crippen molar-refractivity contribution in [2.24, 2.45) is 5.73 Å². The van der Waals surface area contributed by atoms with E-state index in [0.717, 1.165) is 5.75 Å². The number of esters is 1. The van der Waals surface area contributed by atoms with Crippen molar-refractivity contribution in [1.82, 2.24) is 0 Å². The maximum atomic E-state index is 11.8. The van der Waals surface area contributed by atoms with E-state index in [4.69, 9.17) is 10.5 Å². The number of hydrogen-bond acceptors (Lipinski definition) is 4. The van der Waals surface area contributed by atoms with Gasteiger partial charge in [0, 0.05) is 5.25 Å². The second-order valence-corrected chi connectivity index (χ2v) is 6.25. The van der Waals surface area contributed by atoms with E-state index in [2.05, 4.69) is 0 Å². The Balaban J connectivity index is 2.68. The predicted octanol–water partition coefficient (Wildman–Crippen LogP) is 1.55. The van der Waals surface area contributed by atoms with E-state index in [1.807, 2.05) is 27.7 Å². The summed E-state index contributed by atoms with van der Waals surface area (Å²) in [5.41, 5.74) is 4.83. The highest BCUT2D eigenvalue weighted by atomic mass is 32.2. The van der Waals surface area contributed by atoms with Gasteiger partial charge in [0.25, 0.3) is 0 Å². The molecule has 0 spiro atoms. The zero-order valence-corrected chi connectivity index (χ0v) is 10.1. The molecule has 0 bridgehead atoms. The van der Waals surface area contributed by atoms with Crippen LogP contribution < -0.4 is 5.73 Å². The molecule has 0 aromatic heterocycles. The van der Waals surface area contributed by atoms with E-state index < -0.39 is 11.1 Å². The van der Waals surface area contributed by atoms with Crippen LogP contribution in [0, 0.1) is 0 Å². The summed E-state index contributed by atoms with van der Waals surface area (Å²) in [6.45, 7) is 7.57. The van der Waals surface area contributed by atoms with Crippen LogP contribution in [0.1, 0.15) is 34.1 Å². The molecular formula is C10H19NO2S. The predicted molar refractivity (Wildman–Crippen MR) is 59.3 cm³/mol. The largest absolute Gasteiger partial charge is 0.459 e. The molecule has 2 atom stereocenters. The second kappa shape index (κ2) is 3.74. The fourth-order valence-corrected chi connectivity index (χ4v) is 2.72. The highest BCUT2D eigenvalue weighted by Gasteiger charge is 2.46. The van der Waals surface area contributed by atoms with Gasteiger partial charge in [0.15, 0.2) is 0 Å². The number of rotatable bonds is 1. The summed E-state index contributed by atoms with van der Waals surface area (Å²) in [6.07, 6.45) is 0.716. The number of carbonyl (C=O) groups is 1. The zero-order valence-electron chi connectivity index (χ0n) is 9.29. The highest BCUT2D eigenvalue weighted by molar-refractivity contribution is 8.00. The van der Waals surface area contributed by atoms with Gasteiger partial charge in [0.1, 0.15) is 11.1 Å². The van der Waals surface area contributed by atoms with Gasteiger partial charge in [-0.1, -0.05) is 6.92 Å². The first-order chi connectivity index (χ1) is 6.26. The number of nitrogens with two attached hydrogens (primary N) is 1. The van der Waals surface area contributed by atoms with Crippen molar-refractivity contribution >= 4 is 17.7 Å². The van der Waals surface area contributed by atoms with Crippen LogP contribution in [0.25, 0.3) is 0 Å². The normalized spacial score (nSPS) is 33.1. The van der Waals surface area contributed by atoms with Crippen LogP contribution in [-0.4, -0.2) is 28.1 Å². The van der Waals surface area contributed by atoms with E-state index in [-0.39, 0.29) is 11.2 Å². The minimum absolute atomic E-state index is 0.150. The highest BCUT2D eigenvalue weighted by Crippen LogP contribution is 2.35. The van der Waals surface area contributed by atoms with Crippen LogP contribution in [0.15, 0.2) is 0 Å². The van der Waals surface area contributed by atoms with E-state index in [9.17, 15) is 4.79 Å². The van der Waals surface area contributed by atoms with E-state index >= 15 is 0 Å². The molecule has 1 aliphatic heterocycles. The average molecular weight is 217 g/mol. The van der Waals surface area contributed by atoms with Crippen LogP contribution >= 0.6 is 11.8 Å². The summed E-state index contributed by atoms with van der Waals surface area (Å²) >= 11 is 1.73. The molecule has 1 aliphatic rings. The van der Waals surface area contributed by atoms with Gasteiger partial charge in [0.2, 0.25) is 0 Å². The first-order valence-corrected chi connectivity index (χ1v) is 5.94. The number of ether oxygens (including phenoxy) is 1. The molecule has 3 nitrogen and oxygen atoms in total. The molecule has 0 aromatic rings. The molecule has 0 aromatic carbocycles. The van der Waals surface area contributed by atoms with E-state index in [0.29, 0.717) is 6.42 Å². The monoisotopic (exact) mass is 217 g/mol. The van der Waals surface area contributed by atoms with Crippen molar-refractivity contribution in [2.45, 2.75) is 50.5 Å². The Morgan fingerprint density at radius 3 is 2.50 bits per heavy atom. The molecule has 0 saturated carbocycles. The zero-order chi connectivity index (χ0) is 11.0. The van der Waals surface area contributed by atoms with Gasteiger partial charge in [-0.15, -0.1) is 0 Å². The molecular weight excluding hydrogens is 198 g/mol. The number of hydrogen-bond donors (Lipinski definition) is 1. The third-order valence-corrected chi connectivity index (χ3v) is 3.75. The summed E-state index contributed by atoms with van der Waals surface area (Å²) in [4.78, 5) is 11.8. The molecule has 0 aliphatic carbocycles. The topological polar surface area (TPSA) is 52.3 Å². The van der Waals surface area contributed by atoms with Crippen LogP contribution in [0.3, 0.4) is 0 Å². The van der Waals surface area contributed by atoms with Crippen LogP contribution in [-0.2, 0) is 9.53 Å². The molecule has 4 heteroatoms. The van der Waals surface area contributed by atoms with Gasteiger partial charge in [-0.2, -0.15) is 11.8 Å². The van der Waals surface area contributed by atoms with E-state index in [1.165, 1.54) is 0 Å². The Morgan fingerprint density at radius 1 is 1.57 bits per heavy atom. The van der Waals surface area contributed by atoms with Crippen molar-refractivity contribution in [3.05, 3.63) is 0 Å². The molecule has 0 radical (unpaired) electrons. The Hall–Kier alpha value is -0.220. The van der Waals surface area contributed by atoms with Crippen molar-refractivity contribution in [3.8, 4) is 0 Å². The summed E-state index contributed by atoms with van der Waals surface area (Å²) in [7, 11) is 0. The average Bonchev–Trinajstić information content (AvgIpc) is 2.30. The first kappa shape index (κ1) is 11.9. The van der Waals surface area contributed by atoms with Gasteiger partial charge in [-0.3, -0.25) is 0 Å². The van der Waals surface area contributed by atoms with Crippen molar-refractivity contribution in [1.29, 1.82) is 0 Å². The minimum atomic E-state index is -0.780. The molecule has 1 fully saturated rings. The summed E-state index contributed by atoms with van der Waals surface area (Å²) in [5, 5.41) is 0.150. The summed E-state index contributed by atoms with van der Waals surface area (Å²) < 4.78 is 5.32. The van der Waals surface area contributed by atoms with Crippen molar-refractivity contribution in [3.63, 3.8) is 0 Å². The molecule has 14 heavy (non-hydrogen) atoms. The maximum absolute atomic E-state index is 11.8. The van der Waals surface area contributed by atoms with Crippen LogP contribution in [0.5, 0.6) is 0 Å². The van der Waals surface area contributed by atoms with Gasteiger partial charge in [0.05, 0.1) is 0 Å². The molecule has 2 N–H and O–H groups in total. The fourth-order valence-electron chi connectivity index (χ4n) is 1.40. The SMILES string of the molecule is C[C@H]1SCC[C@]1(N)C(=O)OC(C)(C)C. The molecule has 1 heterocycles. The molecule has 1 rings (SSSR count). The Kier molecular flexibility index (Phi) is 3.17. The van der Waals surface area contributed by atoms with Crippen molar-refractivity contribution < 1.29 is 9.53 Å². The third kappa shape index (κ3) is 2.42. The number of thioether (sulfide) groups is 1. The lowest BCUT2D eigenvalue weighted by Gasteiger charge is -2.30. The van der Waals surface area contributed by atoms with Gasteiger partial charge in [-0.25, -0.2) is 4.79 Å². The molecule has 0 unspecified atom stereocenters. The Bertz CT molecular complexity index is 237. The first-order valence-electron chi connectivity index (χ1n) is 4.90. The smallest absolute Gasteiger partial charge is 0.327 e. The van der Waals surface area contributed by atoms with Crippen LogP contribution in [0.2, 0.25) is 0 Å². The number of carbonyl (C=O) groups excluding carboxylic acids is 1. The molecule has 0 amide bonds.